The molecule has 2 unspecified atom stereocenters. The van der Waals surface area contributed by atoms with Crippen molar-refractivity contribution in [2.75, 3.05) is 33.4 Å². The molecule has 0 radical (unpaired) electrons. The number of aliphatic hydroxyl groups is 1. The number of carbonyl (C=O) groups excluding carboxylic acids is 2. The first-order valence-corrected chi connectivity index (χ1v) is 14.6. The third kappa shape index (κ3) is 25.8. The van der Waals surface area contributed by atoms with Crippen molar-refractivity contribution in [3.05, 3.63) is 0 Å². The molecule has 0 rings (SSSR count). The Hall–Kier alpha value is -1.14. The topological polar surface area (TPSA) is 87.7 Å². The van der Waals surface area contributed by atoms with Gasteiger partial charge in [-0.15, -0.1) is 0 Å². The van der Waals surface area contributed by atoms with Gasteiger partial charge < -0.3 is 20.5 Å². The van der Waals surface area contributed by atoms with E-state index < -0.39 is 0 Å². The highest BCUT2D eigenvalue weighted by atomic mass is 16.5. The fourth-order valence-electron chi connectivity index (χ4n) is 4.47. The summed E-state index contributed by atoms with van der Waals surface area (Å²) in [6, 6.07) is 0. The van der Waals surface area contributed by atoms with E-state index in [1.807, 2.05) is 0 Å². The van der Waals surface area contributed by atoms with Gasteiger partial charge in [0.15, 0.2) is 0 Å². The second-order valence-electron chi connectivity index (χ2n) is 10.5. The summed E-state index contributed by atoms with van der Waals surface area (Å²) in [6.45, 7) is 6.93. The van der Waals surface area contributed by atoms with Crippen LogP contribution in [-0.2, 0) is 14.3 Å². The maximum absolute atomic E-state index is 11.7. The van der Waals surface area contributed by atoms with Crippen LogP contribution in [0.15, 0.2) is 0 Å². The first-order valence-electron chi connectivity index (χ1n) is 14.6. The van der Waals surface area contributed by atoms with Gasteiger partial charge in [0.05, 0.1) is 0 Å². The fraction of sp³-hybridized carbons (Fsp3) is 0.931. The molecule has 6 heteroatoms. The molecule has 0 saturated carbocycles. The molecular formula is C29H58N2O4. The van der Waals surface area contributed by atoms with Gasteiger partial charge in [-0.2, -0.15) is 0 Å². The van der Waals surface area contributed by atoms with Crippen LogP contribution in [0.4, 0.5) is 0 Å². The van der Waals surface area contributed by atoms with E-state index >= 15 is 0 Å². The van der Waals surface area contributed by atoms with Gasteiger partial charge in [0.1, 0.15) is 0 Å². The lowest BCUT2D eigenvalue weighted by molar-refractivity contribution is -0.122. The Morgan fingerprint density at radius 2 is 1.03 bits per heavy atom. The van der Waals surface area contributed by atoms with E-state index in [2.05, 4.69) is 24.5 Å². The van der Waals surface area contributed by atoms with E-state index in [0.717, 1.165) is 50.5 Å². The van der Waals surface area contributed by atoms with Crippen molar-refractivity contribution in [1.82, 2.24) is 10.6 Å². The van der Waals surface area contributed by atoms with Gasteiger partial charge >= 0.3 is 0 Å². The lowest BCUT2D eigenvalue weighted by Crippen LogP contribution is -2.24. The van der Waals surface area contributed by atoms with Gasteiger partial charge in [-0.05, 0) is 37.5 Å². The number of ether oxygens (including phenoxy) is 1. The molecule has 0 aliphatic carbocycles. The quantitative estimate of drug-likeness (QED) is 0.125. The molecule has 0 aliphatic heterocycles. The molecule has 6 nitrogen and oxygen atoms in total. The van der Waals surface area contributed by atoms with Gasteiger partial charge in [0.2, 0.25) is 11.8 Å². The molecule has 35 heavy (non-hydrogen) atoms. The number of aliphatic hydroxyl groups excluding tert-OH is 1. The van der Waals surface area contributed by atoms with Crippen molar-refractivity contribution in [3.8, 4) is 0 Å². The lowest BCUT2D eigenvalue weighted by Gasteiger charge is -2.14. The van der Waals surface area contributed by atoms with E-state index in [4.69, 9.17) is 9.84 Å². The van der Waals surface area contributed by atoms with E-state index in [-0.39, 0.29) is 18.4 Å². The maximum Gasteiger partial charge on any atom is 0.219 e. The van der Waals surface area contributed by atoms with Crippen molar-refractivity contribution in [2.45, 2.75) is 129 Å². The SMILES string of the molecule is COCCCNC(=O)CCCCCCC(C)CCCCC(C)CCCCCCC(=O)NCCCO. The summed E-state index contributed by atoms with van der Waals surface area (Å²) in [5.74, 6) is 1.92. The van der Waals surface area contributed by atoms with Gasteiger partial charge in [0, 0.05) is 46.3 Å². The molecule has 0 aromatic rings. The lowest BCUT2D eigenvalue weighted by atomic mass is 9.93. The number of rotatable bonds is 26. The van der Waals surface area contributed by atoms with Crippen LogP contribution < -0.4 is 10.6 Å². The van der Waals surface area contributed by atoms with Gasteiger partial charge in [-0.3, -0.25) is 9.59 Å². The molecule has 0 aromatic carbocycles. The Labute approximate surface area is 216 Å². The summed E-state index contributed by atoms with van der Waals surface area (Å²) in [4.78, 5) is 23.3. The summed E-state index contributed by atoms with van der Waals surface area (Å²) in [5, 5.41) is 14.5. The largest absolute Gasteiger partial charge is 0.396 e. The zero-order valence-electron chi connectivity index (χ0n) is 23.4. The second-order valence-corrected chi connectivity index (χ2v) is 10.5. The van der Waals surface area contributed by atoms with Crippen LogP contribution in [0.3, 0.4) is 0 Å². The average molecular weight is 499 g/mol. The first kappa shape index (κ1) is 33.9. The molecule has 0 aliphatic rings. The number of carbonyl (C=O) groups is 2. The van der Waals surface area contributed by atoms with E-state index in [9.17, 15) is 9.59 Å². The normalized spacial score (nSPS) is 12.9. The number of amides is 2. The van der Waals surface area contributed by atoms with Crippen LogP contribution in [0, 0.1) is 11.8 Å². The molecule has 0 bridgehead atoms. The Balaban J connectivity index is 3.42. The van der Waals surface area contributed by atoms with Crippen molar-refractivity contribution < 1.29 is 19.4 Å². The molecule has 0 fully saturated rings. The molecule has 0 heterocycles. The van der Waals surface area contributed by atoms with Gasteiger partial charge in [0.25, 0.3) is 0 Å². The van der Waals surface area contributed by atoms with Gasteiger partial charge in [-0.1, -0.05) is 90.9 Å². The van der Waals surface area contributed by atoms with Crippen molar-refractivity contribution in [3.63, 3.8) is 0 Å². The predicted octanol–water partition coefficient (Wildman–Crippen LogP) is 6.15. The number of methoxy groups -OCH3 is 1. The Morgan fingerprint density at radius 3 is 1.46 bits per heavy atom. The summed E-state index contributed by atoms with van der Waals surface area (Å²) < 4.78 is 4.98. The number of hydrogen-bond acceptors (Lipinski definition) is 4. The van der Waals surface area contributed by atoms with E-state index in [1.165, 1.54) is 64.2 Å². The Kier molecular flexibility index (Phi) is 25.1. The zero-order chi connectivity index (χ0) is 26.0. The smallest absolute Gasteiger partial charge is 0.219 e. The van der Waals surface area contributed by atoms with Crippen LogP contribution >= 0.6 is 0 Å². The Morgan fingerprint density at radius 1 is 0.629 bits per heavy atom. The highest BCUT2D eigenvalue weighted by Crippen LogP contribution is 2.21. The standard InChI is InChI=1S/C29H58N2O4/c1-26(16-8-4-6-10-20-28(33)30-22-14-24-32)18-12-13-19-27(2)17-9-5-7-11-21-29(34)31-23-15-25-35-3/h26-27,32H,4-25H2,1-3H3,(H,30,33)(H,31,34). The second kappa shape index (κ2) is 25.9. The Bertz CT molecular complexity index is 487. The van der Waals surface area contributed by atoms with Crippen LogP contribution in [0.2, 0.25) is 0 Å². The maximum atomic E-state index is 11.7. The summed E-state index contributed by atoms with van der Waals surface area (Å²) in [6.07, 6.45) is 20.1. The summed E-state index contributed by atoms with van der Waals surface area (Å²) >= 11 is 0. The van der Waals surface area contributed by atoms with Crippen molar-refractivity contribution >= 4 is 11.8 Å². The van der Waals surface area contributed by atoms with E-state index in [1.54, 1.807) is 7.11 Å². The van der Waals surface area contributed by atoms with E-state index in [0.29, 0.717) is 32.4 Å². The van der Waals surface area contributed by atoms with Gasteiger partial charge in [-0.25, -0.2) is 0 Å². The van der Waals surface area contributed by atoms with Crippen molar-refractivity contribution in [1.29, 1.82) is 0 Å². The third-order valence-electron chi connectivity index (χ3n) is 6.85. The molecule has 0 saturated heterocycles. The number of unbranched alkanes of at least 4 members (excludes halogenated alkanes) is 7. The minimum absolute atomic E-state index is 0.120. The first-order chi connectivity index (χ1) is 17.0. The predicted molar refractivity (Wildman–Crippen MR) is 146 cm³/mol. The van der Waals surface area contributed by atoms with Crippen LogP contribution in [0.5, 0.6) is 0 Å². The molecule has 0 spiro atoms. The monoisotopic (exact) mass is 498 g/mol. The fourth-order valence-corrected chi connectivity index (χ4v) is 4.47. The zero-order valence-corrected chi connectivity index (χ0v) is 23.4. The number of hydrogen-bond donors (Lipinski definition) is 3. The molecule has 3 N–H and O–H groups in total. The molecule has 208 valence electrons. The highest BCUT2D eigenvalue weighted by Gasteiger charge is 2.06. The van der Waals surface area contributed by atoms with Crippen LogP contribution in [0.25, 0.3) is 0 Å². The molecule has 2 atom stereocenters. The molecule has 2 amide bonds. The minimum atomic E-state index is 0.120. The summed E-state index contributed by atoms with van der Waals surface area (Å²) in [7, 11) is 1.69. The third-order valence-corrected chi connectivity index (χ3v) is 6.85. The van der Waals surface area contributed by atoms with Crippen LogP contribution in [-0.4, -0.2) is 50.3 Å². The molecule has 0 aromatic heterocycles. The highest BCUT2D eigenvalue weighted by molar-refractivity contribution is 5.76. The molecular weight excluding hydrogens is 440 g/mol. The average Bonchev–Trinajstić information content (AvgIpc) is 2.84. The van der Waals surface area contributed by atoms with Crippen LogP contribution in [0.1, 0.15) is 129 Å². The minimum Gasteiger partial charge on any atom is -0.396 e. The summed E-state index contributed by atoms with van der Waals surface area (Å²) in [5.41, 5.74) is 0. The van der Waals surface area contributed by atoms with Crippen molar-refractivity contribution in [2.24, 2.45) is 11.8 Å². The number of nitrogens with one attached hydrogen (secondary N) is 2.